The van der Waals surface area contributed by atoms with E-state index in [9.17, 15) is 14.4 Å². The van der Waals surface area contributed by atoms with Crippen molar-refractivity contribution < 1.29 is 24.2 Å². The summed E-state index contributed by atoms with van der Waals surface area (Å²) in [5, 5.41) is 14.4. The number of benzene rings is 3. The number of amides is 2. The Hall–Kier alpha value is -4.33. The molecule has 0 aliphatic heterocycles. The summed E-state index contributed by atoms with van der Waals surface area (Å²) >= 11 is 0. The van der Waals surface area contributed by atoms with Crippen molar-refractivity contribution in [1.82, 2.24) is 5.32 Å². The summed E-state index contributed by atoms with van der Waals surface area (Å²) in [6.45, 7) is 1.81. The number of carboxylic acids is 1. The van der Waals surface area contributed by atoms with Crippen LogP contribution in [0, 0.1) is 0 Å². The van der Waals surface area contributed by atoms with Gasteiger partial charge in [0.2, 0.25) is 0 Å². The molecule has 8 heteroatoms. The first kappa shape index (κ1) is 22.4. The molecule has 0 bridgehead atoms. The lowest BCUT2D eigenvalue weighted by atomic mass is 10.1. The molecule has 5 N–H and O–H groups in total. The third kappa shape index (κ3) is 5.85. The number of alkyl carbamates (subject to hydrolysis) is 1. The Bertz CT molecular complexity index is 1110. The minimum atomic E-state index is -1.02. The Morgan fingerprint density at radius 2 is 1.56 bits per heavy atom. The van der Waals surface area contributed by atoms with Gasteiger partial charge in [0.25, 0.3) is 5.91 Å². The van der Waals surface area contributed by atoms with E-state index in [1.165, 1.54) is 12.1 Å². The lowest BCUT2D eigenvalue weighted by Crippen LogP contribution is -2.27. The van der Waals surface area contributed by atoms with Gasteiger partial charge in [-0.1, -0.05) is 36.4 Å². The number of para-hydroxylation sites is 2. The van der Waals surface area contributed by atoms with Crippen molar-refractivity contribution in [3.63, 3.8) is 0 Å². The maximum Gasteiger partial charge on any atom is 0.407 e. The van der Waals surface area contributed by atoms with Crippen LogP contribution in [0.5, 0.6) is 0 Å². The molecule has 0 aromatic heterocycles. The Kier molecular flexibility index (Phi) is 7.07. The SMILES string of the molecule is C[C@H](NC(=O)OCc1ccc(C(=O)O)cc1)c1ccc(C(=O)Nc2ccccc2N)cc1. The minimum Gasteiger partial charge on any atom is -0.478 e. The maximum absolute atomic E-state index is 12.4. The van der Waals surface area contributed by atoms with E-state index in [1.54, 1.807) is 67.6 Å². The highest BCUT2D eigenvalue weighted by Gasteiger charge is 2.13. The van der Waals surface area contributed by atoms with E-state index in [0.717, 1.165) is 5.56 Å². The molecule has 2 amide bonds. The van der Waals surface area contributed by atoms with Gasteiger partial charge in [-0.05, 0) is 54.4 Å². The molecule has 0 saturated carbocycles. The Labute approximate surface area is 185 Å². The topological polar surface area (TPSA) is 131 Å². The van der Waals surface area contributed by atoms with Gasteiger partial charge in [0.15, 0.2) is 0 Å². The minimum absolute atomic E-state index is 0.0141. The molecule has 0 unspecified atom stereocenters. The monoisotopic (exact) mass is 433 g/mol. The second kappa shape index (κ2) is 10.1. The largest absolute Gasteiger partial charge is 0.478 e. The highest BCUT2D eigenvalue weighted by atomic mass is 16.5. The van der Waals surface area contributed by atoms with Crippen LogP contribution in [0.4, 0.5) is 16.2 Å². The van der Waals surface area contributed by atoms with Gasteiger partial charge in [-0.15, -0.1) is 0 Å². The molecule has 164 valence electrons. The molecule has 0 aliphatic carbocycles. The normalized spacial score (nSPS) is 11.3. The predicted molar refractivity (Wildman–Crippen MR) is 120 cm³/mol. The van der Waals surface area contributed by atoms with Crippen LogP contribution in [-0.2, 0) is 11.3 Å². The summed E-state index contributed by atoms with van der Waals surface area (Å²) in [4.78, 5) is 35.4. The van der Waals surface area contributed by atoms with E-state index < -0.39 is 12.1 Å². The number of carbonyl (C=O) groups excluding carboxylic acids is 2. The Morgan fingerprint density at radius 1 is 0.938 bits per heavy atom. The number of carbonyl (C=O) groups is 3. The van der Waals surface area contributed by atoms with Crippen molar-refractivity contribution in [2.75, 3.05) is 11.1 Å². The van der Waals surface area contributed by atoms with Gasteiger partial charge >= 0.3 is 12.1 Å². The second-order valence-corrected chi connectivity index (χ2v) is 7.11. The smallest absolute Gasteiger partial charge is 0.407 e. The van der Waals surface area contributed by atoms with Gasteiger partial charge in [0.1, 0.15) is 6.61 Å². The highest BCUT2D eigenvalue weighted by molar-refractivity contribution is 6.05. The summed E-state index contributed by atoms with van der Waals surface area (Å²) in [6, 6.07) is 19.6. The van der Waals surface area contributed by atoms with Crippen LogP contribution in [0.3, 0.4) is 0 Å². The summed E-state index contributed by atoms with van der Waals surface area (Å²) in [5.74, 6) is -1.31. The number of rotatable bonds is 7. The first-order valence-corrected chi connectivity index (χ1v) is 9.85. The van der Waals surface area contributed by atoms with Crippen LogP contribution in [-0.4, -0.2) is 23.1 Å². The number of aromatic carboxylic acids is 1. The molecular formula is C24H23N3O5. The molecule has 0 spiro atoms. The predicted octanol–water partition coefficient (Wildman–Crippen LogP) is 4.21. The van der Waals surface area contributed by atoms with Gasteiger partial charge in [0.05, 0.1) is 23.0 Å². The van der Waals surface area contributed by atoms with Gasteiger partial charge in [-0.3, -0.25) is 4.79 Å². The van der Waals surface area contributed by atoms with Crippen LogP contribution in [0.15, 0.2) is 72.8 Å². The van der Waals surface area contributed by atoms with Crippen molar-refractivity contribution in [3.05, 3.63) is 95.1 Å². The average molecular weight is 433 g/mol. The molecule has 8 nitrogen and oxygen atoms in total. The Morgan fingerprint density at radius 3 is 2.19 bits per heavy atom. The summed E-state index contributed by atoms with van der Waals surface area (Å²) in [5.41, 5.74) is 8.95. The first-order chi connectivity index (χ1) is 15.3. The summed E-state index contributed by atoms with van der Waals surface area (Å²) in [7, 11) is 0. The van der Waals surface area contributed by atoms with Crippen molar-refractivity contribution in [2.45, 2.75) is 19.6 Å². The van der Waals surface area contributed by atoms with Crippen LogP contribution < -0.4 is 16.4 Å². The van der Waals surface area contributed by atoms with Gasteiger partial charge < -0.3 is 26.2 Å². The molecule has 32 heavy (non-hydrogen) atoms. The molecule has 3 aromatic rings. The Balaban J connectivity index is 1.52. The average Bonchev–Trinajstić information content (AvgIpc) is 2.79. The zero-order chi connectivity index (χ0) is 23.1. The second-order valence-electron chi connectivity index (χ2n) is 7.11. The maximum atomic E-state index is 12.4. The number of nitrogen functional groups attached to an aromatic ring is 1. The quantitative estimate of drug-likeness (QED) is 0.413. The number of hydrogen-bond donors (Lipinski definition) is 4. The molecule has 0 radical (unpaired) electrons. The number of nitrogens with two attached hydrogens (primary N) is 1. The third-order valence-corrected chi connectivity index (χ3v) is 4.79. The van der Waals surface area contributed by atoms with E-state index >= 15 is 0 Å². The highest BCUT2D eigenvalue weighted by Crippen LogP contribution is 2.19. The third-order valence-electron chi connectivity index (χ3n) is 4.79. The number of anilines is 2. The fraction of sp³-hybridized carbons (Fsp3) is 0.125. The van der Waals surface area contributed by atoms with Crippen molar-refractivity contribution in [2.24, 2.45) is 0 Å². The summed E-state index contributed by atoms with van der Waals surface area (Å²) in [6.07, 6.45) is -0.610. The van der Waals surface area contributed by atoms with Crippen LogP contribution in [0.25, 0.3) is 0 Å². The number of nitrogens with one attached hydrogen (secondary N) is 2. The molecule has 3 rings (SSSR count). The standard InChI is InChI=1S/C24H23N3O5/c1-15(26-24(31)32-14-16-6-8-19(9-7-16)23(29)30)17-10-12-18(13-11-17)22(28)27-21-5-3-2-4-20(21)25/h2-13,15H,14,25H2,1H3,(H,26,31)(H,27,28)(H,29,30)/t15-/m0/s1. The molecular weight excluding hydrogens is 410 g/mol. The number of ether oxygens (including phenoxy) is 1. The molecule has 0 fully saturated rings. The van der Waals surface area contributed by atoms with E-state index in [0.29, 0.717) is 22.5 Å². The fourth-order valence-corrected chi connectivity index (χ4v) is 2.92. The van der Waals surface area contributed by atoms with Crippen molar-refractivity contribution >= 4 is 29.3 Å². The first-order valence-electron chi connectivity index (χ1n) is 9.85. The zero-order valence-corrected chi connectivity index (χ0v) is 17.4. The van der Waals surface area contributed by atoms with E-state index in [4.69, 9.17) is 15.6 Å². The number of hydrogen-bond acceptors (Lipinski definition) is 5. The van der Waals surface area contributed by atoms with Crippen LogP contribution in [0.1, 0.15) is 44.8 Å². The lowest BCUT2D eigenvalue weighted by molar-refractivity contribution is 0.0696. The molecule has 0 heterocycles. The van der Waals surface area contributed by atoms with Crippen molar-refractivity contribution in [1.29, 1.82) is 0 Å². The molecule has 1 atom stereocenters. The van der Waals surface area contributed by atoms with E-state index in [2.05, 4.69) is 10.6 Å². The molecule has 0 saturated heterocycles. The summed E-state index contributed by atoms with van der Waals surface area (Å²) < 4.78 is 5.19. The fourth-order valence-electron chi connectivity index (χ4n) is 2.92. The van der Waals surface area contributed by atoms with E-state index in [1.807, 2.05) is 0 Å². The van der Waals surface area contributed by atoms with Crippen LogP contribution in [0.2, 0.25) is 0 Å². The molecule has 0 aliphatic rings. The van der Waals surface area contributed by atoms with Gasteiger partial charge in [0, 0.05) is 5.56 Å². The lowest BCUT2D eigenvalue weighted by Gasteiger charge is -2.15. The zero-order valence-electron chi connectivity index (χ0n) is 17.4. The molecule has 3 aromatic carbocycles. The van der Waals surface area contributed by atoms with Gasteiger partial charge in [-0.25, -0.2) is 9.59 Å². The van der Waals surface area contributed by atoms with E-state index in [-0.39, 0.29) is 24.1 Å². The number of carboxylic acid groups (broad SMARTS) is 1. The van der Waals surface area contributed by atoms with Crippen LogP contribution >= 0.6 is 0 Å². The van der Waals surface area contributed by atoms with Gasteiger partial charge in [-0.2, -0.15) is 0 Å². The van der Waals surface area contributed by atoms with Crippen molar-refractivity contribution in [3.8, 4) is 0 Å².